The maximum atomic E-state index is 3.47. The van der Waals surface area contributed by atoms with Crippen molar-refractivity contribution in [1.82, 2.24) is 15.1 Å². The highest BCUT2D eigenvalue weighted by molar-refractivity contribution is 4.87. The predicted molar refractivity (Wildman–Crippen MR) is 73.4 cm³/mol. The van der Waals surface area contributed by atoms with E-state index in [0.29, 0.717) is 0 Å². The lowest BCUT2D eigenvalue weighted by Crippen LogP contribution is -2.49. The molecule has 0 aromatic rings. The molecule has 1 saturated carbocycles. The van der Waals surface area contributed by atoms with Crippen LogP contribution in [0.1, 0.15) is 38.5 Å². The molecular weight excluding hydrogens is 210 g/mol. The zero-order chi connectivity index (χ0) is 12.3. The third-order valence-corrected chi connectivity index (χ3v) is 4.80. The highest BCUT2D eigenvalue weighted by atomic mass is 15.2. The van der Waals surface area contributed by atoms with E-state index in [-0.39, 0.29) is 0 Å². The van der Waals surface area contributed by atoms with Crippen LogP contribution in [0.2, 0.25) is 0 Å². The first-order valence-electron chi connectivity index (χ1n) is 7.28. The van der Waals surface area contributed by atoms with Crippen LogP contribution in [0, 0.1) is 0 Å². The Morgan fingerprint density at radius 1 is 1.06 bits per heavy atom. The zero-order valence-corrected chi connectivity index (χ0v) is 11.8. The van der Waals surface area contributed by atoms with Crippen LogP contribution in [0.4, 0.5) is 0 Å². The summed E-state index contributed by atoms with van der Waals surface area (Å²) in [6.45, 7) is 2.62. The van der Waals surface area contributed by atoms with Gasteiger partial charge in [-0.3, -0.25) is 0 Å². The molecule has 0 spiro atoms. The third kappa shape index (κ3) is 3.43. The number of likely N-dealkylation sites (tertiary alicyclic amines) is 1. The maximum Gasteiger partial charge on any atom is 0.0113 e. The summed E-state index contributed by atoms with van der Waals surface area (Å²) in [6.07, 6.45) is 8.28. The molecule has 0 unspecified atom stereocenters. The molecule has 0 bridgehead atoms. The molecule has 1 heterocycles. The lowest BCUT2D eigenvalue weighted by atomic mass is 9.88. The monoisotopic (exact) mass is 239 g/mol. The molecule has 2 rings (SSSR count). The Morgan fingerprint density at radius 3 is 2.35 bits per heavy atom. The molecule has 1 N–H and O–H groups in total. The number of hydrogen-bond acceptors (Lipinski definition) is 3. The Kier molecular flexibility index (Phi) is 4.83. The van der Waals surface area contributed by atoms with Gasteiger partial charge < -0.3 is 15.1 Å². The van der Waals surface area contributed by atoms with Gasteiger partial charge in [0.05, 0.1) is 0 Å². The van der Waals surface area contributed by atoms with Crippen LogP contribution >= 0.6 is 0 Å². The first-order chi connectivity index (χ1) is 8.20. The Balaban J connectivity index is 1.80. The molecule has 1 saturated heterocycles. The SMILES string of the molecule is CN[C@@H]1CCC[C@@H](N2CCC(N(C)C)CC2)C1. The van der Waals surface area contributed by atoms with Gasteiger partial charge in [-0.1, -0.05) is 6.42 Å². The molecular formula is C14H29N3. The van der Waals surface area contributed by atoms with E-state index in [2.05, 4.69) is 36.3 Å². The molecule has 100 valence electrons. The molecule has 0 amide bonds. The van der Waals surface area contributed by atoms with Gasteiger partial charge in [-0.2, -0.15) is 0 Å². The van der Waals surface area contributed by atoms with Crippen molar-refractivity contribution in [2.24, 2.45) is 0 Å². The molecule has 1 aliphatic carbocycles. The van der Waals surface area contributed by atoms with Crippen LogP contribution in [-0.4, -0.2) is 62.2 Å². The third-order valence-electron chi connectivity index (χ3n) is 4.80. The predicted octanol–water partition coefficient (Wildman–Crippen LogP) is 1.54. The van der Waals surface area contributed by atoms with Gasteiger partial charge in [0, 0.05) is 18.1 Å². The van der Waals surface area contributed by atoms with Crippen LogP contribution in [0.15, 0.2) is 0 Å². The molecule has 0 radical (unpaired) electrons. The van der Waals surface area contributed by atoms with E-state index in [1.54, 1.807) is 0 Å². The summed E-state index contributed by atoms with van der Waals surface area (Å²) in [4.78, 5) is 5.15. The van der Waals surface area contributed by atoms with E-state index < -0.39 is 0 Å². The summed E-state index contributed by atoms with van der Waals surface area (Å²) in [5.74, 6) is 0. The highest BCUT2D eigenvalue weighted by Crippen LogP contribution is 2.26. The topological polar surface area (TPSA) is 18.5 Å². The van der Waals surface area contributed by atoms with Crippen LogP contribution in [0.3, 0.4) is 0 Å². The van der Waals surface area contributed by atoms with Crippen molar-refractivity contribution in [2.45, 2.75) is 56.7 Å². The van der Waals surface area contributed by atoms with Gasteiger partial charge in [0.25, 0.3) is 0 Å². The number of rotatable bonds is 3. The van der Waals surface area contributed by atoms with E-state index in [0.717, 1.165) is 18.1 Å². The molecule has 0 aromatic heterocycles. The van der Waals surface area contributed by atoms with Crippen molar-refractivity contribution >= 4 is 0 Å². The van der Waals surface area contributed by atoms with Crippen molar-refractivity contribution in [3.63, 3.8) is 0 Å². The molecule has 2 atom stereocenters. The van der Waals surface area contributed by atoms with Crippen LogP contribution in [0.25, 0.3) is 0 Å². The lowest BCUT2D eigenvalue weighted by molar-refractivity contribution is 0.0826. The van der Waals surface area contributed by atoms with Crippen molar-refractivity contribution in [1.29, 1.82) is 0 Å². The smallest absolute Gasteiger partial charge is 0.0113 e. The van der Waals surface area contributed by atoms with Crippen molar-refractivity contribution in [3.05, 3.63) is 0 Å². The minimum absolute atomic E-state index is 0.764. The van der Waals surface area contributed by atoms with Crippen LogP contribution in [0.5, 0.6) is 0 Å². The van der Waals surface area contributed by atoms with Crippen molar-refractivity contribution in [3.8, 4) is 0 Å². The molecule has 2 aliphatic rings. The molecule has 1 aliphatic heterocycles. The standard InChI is InChI=1S/C14H29N3/c1-15-12-5-4-6-14(11-12)17-9-7-13(8-10-17)16(2)3/h12-15H,4-11H2,1-3H3/t12-,14-/m1/s1. The second kappa shape index (κ2) is 6.17. The number of nitrogens with zero attached hydrogens (tertiary/aromatic N) is 2. The van der Waals surface area contributed by atoms with Crippen LogP contribution in [-0.2, 0) is 0 Å². The van der Waals surface area contributed by atoms with E-state index in [9.17, 15) is 0 Å². The summed E-state index contributed by atoms with van der Waals surface area (Å²) in [7, 11) is 6.56. The van der Waals surface area contributed by atoms with E-state index in [1.807, 2.05) is 0 Å². The summed E-state index contributed by atoms with van der Waals surface area (Å²) >= 11 is 0. The number of hydrogen-bond donors (Lipinski definition) is 1. The number of nitrogens with one attached hydrogen (secondary N) is 1. The minimum atomic E-state index is 0.764. The molecule has 0 aromatic carbocycles. The Labute approximate surface area is 107 Å². The quantitative estimate of drug-likeness (QED) is 0.806. The van der Waals surface area contributed by atoms with Gasteiger partial charge in [-0.15, -0.1) is 0 Å². The largest absolute Gasteiger partial charge is 0.317 e. The summed E-state index contributed by atoms with van der Waals surface area (Å²) < 4.78 is 0. The Morgan fingerprint density at radius 2 is 1.76 bits per heavy atom. The number of piperidine rings is 1. The normalized spacial score (nSPS) is 33.2. The second-order valence-corrected chi connectivity index (χ2v) is 6.04. The first-order valence-corrected chi connectivity index (χ1v) is 7.28. The first kappa shape index (κ1) is 13.3. The minimum Gasteiger partial charge on any atom is -0.317 e. The maximum absolute atomic E-state index is 3.47. The van der Waals surface area contributed by atoms with Gasteiger partial charge in [-0.05, 0) is 66.3 Å². The molecule has 3 nitrogen and oxygen atoms in total. The fourth-order valence-electron chi connectivity index (χ4n) is 3.53. The highest BCUT2D eigenvalue weighted by Gasteiger charge is 2.29. The fourth-order valence-corrected chi connectivity index (χ4v) is 3.53. The molecule has 2 fully saturated rings. The summed E-state index contributed by atoms with van der Waals surface area (Å²) in [5.41, 5.74) is 0. The second-order valence-electron chi connectivity index (χ2n) is 6.04. The molecule has 3 heteroatoms. The van der Waals surface area contributed by atoms with Gasteiger partial charge in [0.2, 0.25) is 0 Å². The van der Waals surface area contributed by atoms with E-state index in [4.69, 9.17) is 0 Å². The summed E-state index contributed by atoms with van der Waals surface area (Å²) in [6, 6.07) is 2.43. The molecule has 17 heavy (non-hydrogen) atoms. The average Bonchev–Trinajstić information content (AvgIpc) is 2.39. The van der Waals surface area contributed by atoms with Gasteiger partial charge >= 0.3 is 0 Å². The lowest BCUT2D eigenvalue weighted by Gasteiger charge is -2.42. The Bertz CT molecular complexity index is 222. The fraction of sp³-hybridized carbons (Fsp3) is 1.00. The van der Waals surface area contributed by atoms with Gasteiger partial charge in [0.15, 0.2) is 0 Å². The summed E-state index contributed by atoms with van der Waals surface area (Å²) in [5, 5.41) is 3.47. The Hall–Kier alpha value is -0.120. The van der Waals surface area contributed by atoms with Gasteiger partial charge in [0.1, 0.15) is 0 Å². The van der Waals surface area contributed by atoms with Crippen molar-refractivity contribution in [2.75, 3.05) is 34.2 Å². The van der Waals surface area contributed by atoms with Crippen molar-refractivity contribution < 1.29 is 0 Å². The average molecular weight is 239 g/mol. The van der Waals surface area contributed by atoms with Crippen LogP contribution < -0.4 is 5.32 Å². The van der Waals surface area contributed by atoms with E-state index in [1.165, 1.54) is 51.6 Å². The van der Waals surface area contributed by atoms with Gasteiger partial charge in [-0.25, -0.2) is 0 Å². The zero-order valence-electron chi connectivity index (χ0n) is 11.8. The van der Waals surface area contributed by atoms with E-state index >= 15 is 0 Å².